The number of pyridine rings is 1. The molecule has 7 rings (SSSR count). The van der Waals surface area contributed by atoms with Crippen LogP contribution in [-0.4, -0.2) is 78.5 Å². The molecule has 56 heavy (non-hydrogen) atoms. The van der Waals surface area contributed by atoms with Crippen molar-refractivity contribution in [1.29, 1.82) is 0 Å². The number of hydrogen-bond acceptors (Lipinski definition) is 11. The van der Waals surface area contributed by atoms with Gasteiger partial charge in [-0.3, -0.25) is 9.88 Å². The van der Waals surface area contributed by atoms with Crippen molar-refractivity contribution < 1.29 is 37.9 Å². The lowest BCUT2D eigenvalue weighted by atomic mass is 9.99. The third kappa shape index (κ3) is 8.91. The number of fused-ring (bicyclic) bond motifs is 1. The maximum absolute atomic E-state index is 5.80. The Labute approximate surface area is 341 Å². The molecule has 0 saturated carbocycles. The Morgan fingerprint density at radius 2 is 1.18 bits per heavy atom. The van der Waals surface area contributed by atoms with Gasteiger partial charge in [0.05, 0.1) is 48.4 Å². The molecule has 2 aliphatic heterocycles. The topological polar surface area (TPSA) is 93.2 Å². The zero-order chi connectivity index (χ0) is 37.6. The fourth-order valence-corrected chi connectivity index (χ4v) is 7.35. The second-order valence-electron chi connectivity index (χ2n) is 13.2. The van der Waals surface area contributed by atoms with Crippen molar-refractivity contribution in [2.24, 2.45) is 0 Å². The maximum Gasteiger partial charge on any atom is 0.231 e. The van der Waals surface area contributed by atoms with E-state index in [0.29, 0.717) is 40.5 Å². The molecular formula is C43H49Cl2N3O8. The van der Waals surface area contributed by atoms with E-state index in [1.807, 2.05) is 36.5 Å². The quantitative estimate of drug-likeness (QED) is 0.108. The van der Waals surface area contributed by atoms with Gasteiger partial charge in [0, 0.05) is 55.7 Å². The highest BCUT2D eigenvalue weighted by Gasteiger charge is 2.27. The number of piperidine rings is 1. The molecule has 5 aromatic rings. The molecule has 0 spiro atoms. The van der Waals surface area contributed by atoms with Crippen LogP contribution in [0.25, 0.3) is 22.4 Å². The summed E-state index contributed by atoms with van der Waals surface area (Å²) >= 11 is 0. The lowest BCUT2D eigenvalue weighted by Crippen LogP contribution is -2.44. The smallest absolute Gasteiger partial charge is 0.231 e. The minimum Gasteiger partial charge on any atom is -0.493 e. The van der Waals surface area contributed by atoms with Crippen molar-refractivity contribution in [2.45, 2.75) is 32.0 Å². The minimum atomic E-state index is 0. The van der Waals surface area contributed by atoms with Gasteiger partial charge >= 0.3 is 0 Å². The van der Waals surface area contributed by atoms with Gasteiger partial charge in [0.15, 0.2) is 34.5 Å². The predicted octanol–water partition coefficient (Wildman–Crippen LogP) is 8.71. The second kappa shape index (κ2) is 19.1. The summed E-state index contributed by atoms with van der Waals surface area (Å²) in [6.45, 7) is 3.76. The molecule has 1 fully saturated rings. The number of hydrogen-bond donors (Lipinski definition) is 0. The molecule has 0 aliphatic carbocycles. The number of likely N-dealkylation sites (tertiary alicyclic amines) is 1. The first-order valence-electron chi connectivity index (χ1n) is 18.0. The van der Waals surface area contributed by atoms with Gasteiger partial charge in [-0.05, 0) is 83.6 Å². The molecule has 298 valence electrons. The van der Waals surface area contributed by atoms with Crippen molar-refractivity contribution in [3.8, 4) is 68.4 Å². The molecule has 1 aromatic heterocycles. The summed E-state index contributed by atoms with van der Waals surface area (Å²) in [5.41, 5.74) is 7.34. The van der Waals surface area contributed by atoms with Crippen molar-refractivity contribution in [2.75, 3.05) is 67.4 Å². The molecule has 0 amide bonds. The van der Waals surface area contributed by atoms with E-state index in [-0.39, 0.29) is 31.6 Å². The third-order valence-electron chi connectivity index (χ3n) is 10.2. The van der Waals surface area contributed by atoms with Crippen LogP contribution in [-0.2, 0) is 13.1 Å². The van der Waals surface area contributed by atoms with E-state index in [4.69, 9.17) is 37.9 Å². The summed E-state index contributed by atoms with van der Waals surface area (Å²) in [6.07, 6.45) is 3.90. The molecule has 2 aliphatic rings. The number of methoxy groups -OCH3 is 6. The molecule has 13 heteroatoms. The van der Waals surface area contributed by atoms with Gasteiger partial charge in [0.2, 0.25) is 18.3 Å². The van der Waals surface area contributed by atoms with E-state index in [1.165, 1.54) is 11.1 Å². The van der Waals surface area contributed by atoms with E-state index >= 15 is 0 Å². The second-order valence-corrected chi connectivity index (χ2v) is 13.2. The normalized spacial score (nSPS) is 13.5. The summed E-state index contributed by atoms with van der Waals surface area (Å²) < 4.78 is 44.9. The van der Waals surface area contributed by atoms with Crippen LogP contribution in [0.3, 0.4) is 0 Å². The van der Waals surface area contributed by atoms with Crippen LogP contribution >= 0.6 is 24.8 Å². The van der Waals surface area contributed by atoms with Crippen molar-refractivity contribution in [1.82, 2.24) is 9.88 Å². The molecule has 3 heterocycles. The fraction of sp³-hybridized carbons (Fsp3) is 0.326. The number of anilines is 1. The predicted molar refractivity (Wildman–Crippen MR) is 222 cm³/mol. The van der Waals surface area contributed by atoms with Crippen LogP contribution in [0.2, 0.25) is 0 Å². The van der Waals surface area contributed by atoms with E-state index < -0.39 is 0 Å². The number of ether oxygens (including phenoxy) is 8. The summed E-state index contributed by atoms with van der Waals surface area (Å²) in [5.74, 6) is 5.15. The van der Waals surface area contributed by atoms with Crippen molar-refractivity contribution in [3.05, 3.63) is 96.2 Å². The van der Waals surface area contributed by atoms with Crippen LogP contribution in [0.4, 0.5) is 5.69 Å². The number of halogens is 2. The largest absolute Gasteiger partial charge is 0.493 e. The van der Waals surface area contributed by atoms with Crippen LogP contribution in [0.1, 0.15) is 24.0 Å². The van der Waals surface area contributed by atoms with Crippen LogP contribution in [0.15, 0.2) is 85.1 Å². The molecule has 0 N–H and O–H groups in total. The first-order valence-corrected chi connectivity index (χ1v) is 18.0. The Morgan fingerprint density at radius 1 is 0.607 bits per heavy atom. The monoisotopic (exact) mass is 805 g/mol. The summed E-state index contributed by atoms with van der Waals surface area (Å²) in [7, 11) is 9.73. The highest BCUT2D eigenvalue weighted by atomic mass is 35.5. The summed E-state index contributed by atoms with van der Waals surface area (Å²) in [4.78, 5) is 9.71. The Bertz CT molecular complexity index is 2030. The van der Waals surface area contributed by atoms with Crippen molar-refractivity contribution >= 4 is 30.5 Å². The molecule has 1 saturated heterocycles. The third-order valence-corrected chi connectivity index (χ3v) is 10.2. The average Bonchev–Trinajstić information content (AvgIpc) is 3.70. The average molecular weight is 807 g/mol. The van der Waals surface area contributed by atoms with Crippen LogP contribution < -0.4 is 42.8 Å². The van der Waals surface area contributed by atoms with Gasteiger partial charge < -0.3 is 42.8 Å². The molecule has 4 aromatic carbocycles. The van der Waals surface area contributed by atoms with E-state index in [0.717, 1.165) is 78.6 Å². The highest BCUT2D eigenvalue weighted by molar-refractivity contribution is 5.85. The van der Waals surface area contributed by atoms with Gasteiger partial charge in [0.1, 0.15) is 0 Å². The van der Waals surface area contributed by atoms with Gasteiger partial charge in [-0.1, -0.05) is 24.3 Å². The van der Waals surface area contributed by atoms with Gasteiger partial charge in [0.25, 0.3) is 0 Å². The lowest BCUT2D eigenvalue weighted by Gasteiger charge is -2.40. The van der Waals surface area contributed by atoms with Gasteiger partial charge in [-0.15, -0.1) is 24.8 Å². The summed E-state index contributed by atoms with van der Waals surface area (Å²) in [6, 6.07) is 27.4. The number of aromatic nitrogens is 1. The zero-order valence-electron chi connectivity index (χ0n) is 32.5. The fourth-order valence-electron chi connectivity index (χ4n) is 7.35. The SMILES string of the molecule is COc1cc(-c2ccc(CN(c3ccc4c(c3)OCO4)C3CCN(Cc4ccnc(-c5cc(OC)c(OC)c(OC)c5)c4)CC3)cc2)cc(OC)c1OC.Cl.Cl. The van der Waals surface area contributed by atoms with Gasteiger partial charge in [-0.2, -0.15) is 0 Å². The lowest BCUT2D eigenvalue weighted by molar-refractivity contribution is 0.174. The summed E-state index contributed by atoms with van der Waals surface area (Å²) in [5, 5.41) is 0. The first kappa shape index (κ1) is 41.9. The standard InChI is InChI=1S/C43H47N3O8.2ClH/c1-47-38-20-31(21-39(48-2)42(38)51-5)30-9-7-28(8-10-30)26-46(34-11-12-36-37(24-34)54-27-53-36)33-14-17-45(18-15-33)25-29-13-16-44-35(19-29)32-22-40(49-3)43(52-6)41(23-32)50-4;;/h7-13,16,19-24,33H,14-15,17-18,25-27H2,1-6H3;2*1H. The van der Waals surface area contributed by atoms with E-state index in [1.54, 1.807) is 42.7 Å². The Balaban J connectivity index is 0.00000300. The van der Waals surface area contributed by atoms with E-state index in [9.17, 15) is 0 Å². The van der Waals surface area contributed by atoms with Crippen LogP contribution in [0.5, 0.6) is 46.0 Å². The molecule has 0 atom stereocenters. The molecule has 0 bridgehead atoms. The minimum absolute atomic E-state index is 0. The number of benzene rings is 4. The molecule has 0 radical (unpaired) electrons. The maximum atomic E-state index is 5.80. The zero-order valence-corrected chi connectivity index (χ0v) is 34.2. The van der Waals surface area contributed by atoms with Crippen LogP contribution in [0, 0.1) is 0 Å². The first-order chi connectivity index (χ1) is 26.4. The van der Waals surface area contributed by atoms with Crippen molar-refractivity contribution in [3.63, 3.8) is 0 Å². The molecular weight excluding hydrogens is 757 g/mol. The Morgan fingerprint density at radius 3 is 1.75 bits per heavy atom. The number of rotatable bonds is 14. The van der Waals surface area contributed by atoms with E-state index in [2.05, 4.69) is 63.3 Å². The molecule has 11 nitrogen and oxygen atoms in total. The Kier molecular flexibility index (Phi) is 14.3. The number of nitrogens with zero attached hydrogens (tertiary/aromatic N) is 3. The highest BCUT2D eigenvalue weighted by Crippen LogP contribution is 2.43. The van der Waals surface area contributed by atoms with Gasteiger partial charge in [-0.25, -0.2) is 0 Å². The Hall–Kier alpha value is -5.23. The molecule has 0 unspecified atom stereocenters.